The van der Waals surface area contributed by atoms with E-state index in [1.165, 1.54) is 49.3 Å². The van der Waals surface area contributed by atoms with E-state index >= 15 is 0 Å². The Morgan fingerprint density at radius 3 is 2.42 bits per heavy atom. The number of carbonyl (C=O) groups excluding carboxylic acids is 1. The molecule has 0 spiro atoms. The largest absolute Gasteiger partial charge is 0.354 e. The zero-order chi connectivity index (χ0) is 21.3. The number of rotatable bonds is 6. The summed E-state index contributed by atoms with van der Waals surface area (Å²) in [7, 11) is 0. The highest BCUT2D eigenvalue weighted by atomic mass is 19.3. The Morgan fingerprint density at radius 1 is 1.19 bits per heavy atom. The highest BCUT2D eigenvalue weighted by Gasteiger charge is 2.50. The molecule has 1 amide bonds. The van der Waals surface area contributed by atoms with Crippen molar-refractivity contribution in [3.05, 3.63) is 23.0 Å². The Labute approximate surface area is 181 Å². The minimum absolute atomic E-state index is 0.00961. The van der Waals surface area contributed by atoms with E-state index in [1.54, 1.807) is 6.92 Å². The average molecular weight is 429 g/mol. The Kier molecular flexibility index (Phi) is 4.41. The summed E-state index contributed by atoms with van der Waals surface area (Å²) >= 11 is 0. The van der Waals surface area contributed by atoms with Crippen LogP contribution >= 0.6 is 0 Å². The lowest BCUT2D eigenvalue weighted by Gasteiger charge is -2.56. The molecule has 4 bridgehead atoms. The van der Waals surface area contributed by atoms with Gasteiger partial charge in [-0.3, -0.25) is 4.79 Å². The number of alkyl halides is 2. The summed E-state index contributed by atoms with van der Waals surface area (Å²) < 4.78 is 29.0. The molecule has 7 heteroatoms. The normalized spacial score (nSPS) is 31.7. The first kappa shape index (κ1) is 19.6. The maximum absolute atomic E-state index is 13.7. The van der Waals surface area contributed by atoms with Crippen molar-refractivity contribution < 1.29 is 13.6 Å². The highest BCUT2D eigenvalue weighted by molar-refractivity contribution is 5.85. The van der Waals surface area contributed by atoms with Crippen molar-refractivity contribution in [3.63, 3.8) is 0 Å². The van der Waals surface area contributed by atoms with Gasteiger partial charge in [0.2, 0.25) is 5.91 Å². The van der Waals surface area contributed by atoms with E-state index in [9.17, 15) is 13.6 Å². The van der Waals surface area contributed by atoms with Gasteiger partial charge >= 0.3 is 0 Å². The molecule has 0 unspecified atom stereocenters. The standard InChI is InChI=1S/C24H30F2N4O/c1-13-21-18(22(25)26)7-19(17-2-3-17)28-23(21)30(29-13)11-20(31)27-12-24-8-14-4-15(9-24)6-16(5-14)10-24/h7,14-17,22H,2-6,8-12H2,1H3,(H,27,31). The van der Waals surface area contributed by atoms with Gasteiger partial charge in [-0.15, -0.1) is 0 Å². The molecule has 7 rings (SSSR count). The number of carbonyl (C=O) groups is 1. The number of pyridine rings is 1. The van der Waals surface area contributed by atoms with E-state index in [2.05, 4.69) is 15.4 Å². The second-order valence-electron chi connectivity index (χ2n) is 10.8. The molecule has 0 atom stereocenters. The number of halogens is 2. The van der Waals surface area contributed by atoms with Crippen LogP contribution in [0.1, 0.15) is 80.7 Å². The molecule has 5 fully saturated rings. The van der Waals surface area contributed by atoms with Crippen LogP contribution in [0.4, 0.5) is 8.78 Å². The van der Waals surface area contributed by atoms with Gasteiger partial charge in [0.25, 0.3) is 6.43 Å². The van der Waals surface area contributed by atoms with Crippen LogP contribution < -0.4 is 5.32 Å². The molecule has 0 aliphatic heterocycles. The van der Waals surface area contributed by atoms with Crippen molar-refractivity contribution >= 4 is 16.9 Å². The third kappa shape index (κ3) is 3.44. The third-order valence-corrected chi connectivity index (χ3v) is 8.28. The summed E-state index contributed by atoms with van der Waals surface area (Å²) in [5.74, 6) is 2.70. The fourth-order valence-corrected chi connectivity index (χ4v) is 7.26. The van der Waals surface area contributed by atoms with Crippen LogP contribution in [0.2, 0.25) is 0 Å². The van der Waals surface area contributed by atoms with Crippen LogP contribution in [0.5, 0.6) is 0 Å². The van der Waals surface area contributed by atoms with E-state index < -0.39 is 6.43 Å². The molecule has 1 N–H and O–H groups in total. The fourth-order valence-electron chi connectivity index (χ4n) is 7.26. The van der Waals surface area contributed by atoms with Crippen LogP contribution in [-0.2, 0) is 11.3 Å². The third-order valence-electron chi connectivity index (χ3n) is 8.28. The molecule has 5 nitrogen and oxygen atoms in total. The van der Waals surface area contributed by atoms with Gasteiger partial charge < -0.3 is 5.32 Å². The number of hydrogen-bond acceptors (Lipinski definition) is 3. The van der Waals surface area contributed by atoms with Crippen LogP contribution in [0, 0.1) is 30.1 Å². The molecule has 166 valence electrons. The first-order valence-corrected chi connectivity index (χ1v) is 11.8. The van der Waals surface area contributed by atoms with Gasteiger partial charge in [-0.05, 0) is 87.5 Å². The summed E-state index contributed by atoms with van der Waals surface area (Å²) in [6.07, 6.45) is 7.27. The second kappa shape index (κ2) is 6.97. The maximum Gasteiger partial charge on any atom is 0.264 e. The van der Waals surface area contributed by atoms with Crippen LogP contribution in [-0.4, -0.2) is 27.2 Å². The lowest BCUT2D eigenvalue weighted by molar-refractivity contribution is -0.124. The summed E-state index contributed by atoms with van der Waals surface area (Å²) in [6, 6.07) is 1.54. The lowest BCUT2D eigenvalue weighted by Crippen LogP contribution is -2.51. The van der Waals surface area contributed by atoms with Crippen LogP contribution in [0.25, 0.3) is 11.0 Å². The monoisotopic (exact) mass is 428 g/mol. The quantitative estimate of drug-likeness (QED) is 0.713. The van der Waals surface area contributed by atoms with E-state index in [0.29, 0.717) is 22.4 Å². The van der Waals surface area contributed by atoms with Gasteiger partial charge in [-0.2, -0.15) is 5.10 Å². The van der Waals surface area contributed by atoms with Gasteiger partial charge in [0.05, 0.1) is 11.1 Å². The predicted molar refractivity (Wildman–Crippen MR) is 113 cm³/mol. The molecule has 5 aliphatic rings. The fraction of sp³-hybridized carbons (Fsp3) is 0.708. The molecule has 5 aliphatic carbocycles. The Morgan fingerprint density at radius 2 is 1.84 bits per heavy atom. The van der Waals surface area contributed by atoms with E-state index in [0.717, 1.165) is 37.1 Å². The molecule has 2 heterocycles. The van der Waals surface area contributed by atoms with Crippen molar-refractivity contribution in [3.8, 4) is 0 Å². The maximum atomic E-state index is 13.7. The van der Waals surface area contributed by atoms with Gasteiger partial charge in [0.15, 0.2) is 5.65 Å². The van der Waals surface area contributed by atoms with Crippen molar-refractivity contribution in [1.82, 2.24) is 20.1 Å². The van der Waals surface area contributed by atoms with Gasteiger partial charge in [0.1, 0.15) is 6.54 Å². The minimum Gasteiger partial charge on any atom is -0.354 e. The molecule has 0 radical (unpaired) electrons. The van der Waals surface area contributed by atoms with E-state index in [4.69, 9.17) is 0 Å². The van der Waals surface area contributed by atoms with Crippen molar-refractivity contribution in [2.45, 2.75) is 77.2 Å². The molecule has 0 aromatic carbocycles. The van der Waals surface area contributed by atoms with Crippen LogP contribution in [0.15, 0.2) is 6.07 Å². The average Bonchev–Trinajstić information content (AvgIpc) is 3.51. The molecular formula is C24H30F2N4O. The number of hydrogen-bond donors (Lipinski definition) is 1. The summed E-state index contributed by atoms with van der Waals surface area (Å²) in [5.41, 5.74) is 1.89. The minimum atomic E-state index is -2.58. The number of aromatic nitrogens is 3. The summed E-state index contributed by atoms with van der Waals surface area (Å²) in [5, 5.41) is 8.00. The van der Waals surface area contributed by atoms with Gasteiger partial charge in [-0.1, -0.05) is 0 Å². The SMILES string of the molecule is Cc1nn(CC(=O)NCC23CC4CC(CC(C4)C2)C3)c2nc(C3CC3)cc(C(F)F)c12. The van der Waals surface area contributed by atoms with E-state index in [1.807, 2.05) is 0 Å². The van der Waals surface area contributed by atoms with Crippen molar-refractivity contribution in [2.75, 3.05) is 6.54 Å². The topological polar surface area (TPSA) is 59.8 Å². The number of amides is 1. The Balaban J connectivity index is 1.22. The van der Waals surface area contributed by atoms with Gasteiger partial charge in [0, 0.05) is 23.7 Å². The summed E-state index contributed by atoms with van der Waals surface area (Å²) in [6.45, 7) is 2.48. The van der Waals surface area contributed by atoms with Gasteiger partial charge in [-0.25, -0.2) is 18.4 Å². The second-order valence-corrected chi connectivity index (χ2v) is 10.8. The van der Waals surface area contributed by atoms with Crippen molar-refractivity contribution in [1.29, 1.82) is 0 Å². The number of aryl methyl sites for hydroxylation is 1. The molecule has 2 aromatic heterocycles. The number of fused-ring (bicyclic) bond motifs is 1. The predicted octanol–water partition coefficient (Wildman–Crippen LogP) is 4.89. The first-order valence-electron chi connectivity index (χ1n) is 11.8. The molecule has 2 aromatic rings. The molecule has 5 saturated carbocycles. The van der Waals surface area contributed by atoms with Crippen molar-refractivity contribution in [2.24, 2.45) is 23.2 Å². The molecule has 31 heavy (non-hydrogen) atoms. The first-order chi connectivity index (χ1) is 14.9. The Bertz CT molecular complexity index is 1010. The zero-order valence-electron chi connectivity index (χ0n) is 18.0. The Hall–Kier alpha value is -2.05. The number of nitrogens with zero attached hydrogens (tertiary/aromatic N) is 3. The highest BCUT2D eigenvalue weighted by Crippen LogP contribution is 2.59. The lowest BCUT2D eigenvalue weighted by atomic mass is 9.49. The smallest absolute Gasteiger partial charge is 0.264 e. The molecular weight excluding hydrogens is 398 g/mol. The van der Waals surface area contributed by atoms with Crippen LogP contribution in [0.3, 0.4) is 0 Å². The molecule has 0 saturated heterocycles. The van der Waals surface area contributed by atoms with E-state index in [-0.39, 0.29) is 29.3 Å². The number of nitrogens with one attached hydrogen (secondary N) is 1. The summed E-state index contributed by atoms with van der Waals surface area (Å²) in [4.78, 5) is 17.5. The zero-order valence-corrected chi connectivity index (χ0v) is 18.0.